The predicted molar refractivity (Wildman–Crippen MR) is 103 cm³/mol. The van der Waals surface area contributed by atoms with Gasteiger partial charge in [-0.1, -0.05) is 35.4 Å². The van der Waals surface area contributed by atoms with E-state index in [0.29, 0.717) is 6.42 Å². The van der Waals surface area contributed by atoms with Gasteiger partial charge < -0.3 is 4.90 Å². The summed E-state index contributed by atoms with van der Waals surface area (Å²) in [5, 5.41) is 0.207. The molecule has 0 unspecified atom stereocenters. The molecule has 0 spiro atoms. The number of nitrogens with zero attached hydrogens (tertiary/aromatic N) is 1. The average Bonchev–Trinajstić information content (AvgIpc) is 2.57. The van der Waals surface area contributed by atoms with Crippen LogP contribution in [0.1, 0.15) is 30.4 Å². The molecule has 0 aromatic heterocycles. The Bertz CT molecular complexity index is 949. The van der Waals surface area contributed by atoms with Gasteiger partial charge in [-0.2, -0.15) is 0 Å². The maximum atomic E-state index is 14.1. The van der Waals surface area contributed by atoms with Gasteiger partial charge in [-0.15, -0.1) is 0 Å². The van der Waals surface area contributed by atoms with Crippen molar-refractivity contribution in [3.8, 4) is 0 Å². The molecule has 1 fully saturated rings. The van der Waals surface area contributed by atoms with Crippen molar-refractivity contribution >= 4 is 27.3 Å². The third kappa shape index (κ3) is 3.36. The quantitative estimate of drug-likeness (QED) is 0.745. The van der Waals surface area contributed by atoms with Crippen LogP contribution in [-0.4, -0.2) is 31.0 Å². The third-order valence-electron chi connectivity index (χ3n) is 5.20. The molecule has 144 valence electrons. The van der Waals surface area contributed by atoms with Crippen LogP contribution >= 0.6 is 11.6 Å². The number of carbonyl (C=O) groups excluding carboxylic acids is 1. The fourth-order valence-corrected chi connectivity index (χ4v) is 5.76. The summed E-state index contributed by atoms with van der Waals surface area (Å²) in [6.07, 6.45) is 1.18. The second-order valence-electron chi connectivity index (χ2n) is 7.03. The molecule has 0 saturated heterocycles. The molecule has 0 aliphatic heterocycles. The van der Waals surface area contributed by atoms with Gasteiger partial charge in [0, 0.05) is 24.2 Å². The summed E-state index contributed by atoms with van der Waals surface area (Å²) in [5.74, 6) is -1.04. The van der Waals surface area contributed by atoms with Crippen molar-refractivity contribution in [3.63, 3.8) is 0 Å². The predicted octanol–water partition coefficient (Wildman–Crippen LogP) is 4.14. The molecule has 7 heteroatoms. The zero-order valence-corrected chi connectivity index (χ0v) is 16.8. The zero-order valence-electron chi connectivity index (χ0n) is 15.2. The summed E-state index contributed by atoms with van der Waals surface area (Å²) >= 11 is 6.04. The van der Waals surface area contributed by atoms with Crippen LogP contribution in [0.5, 0.6) is 0 Å². The number of amides is 1. The fraction of sp³-hybridized carbons (Fsp3) is 0.350. The molecule has 0 atom stereocenters. The van der Waals surface area contributed by atoms with E-state index in [1.165, 1.54) is 36.2 Å². The van der Waals surface area contributed by atoms with E-state index in [9.17, 15) is 17.6 Å². The van der Waals surface area contributed by atoms with Crippen molar-refractivity contribution in [2.45, 2.75) is 42.4 Å². The van der Waals surface area contributed by atoms with E-state index in [2.05, 4.69) is 0 Å². The van der Waals surface area contributed by atoms with Crippen LogP contribution in [0, 0.1) is 12.7 Å². The van der Waals surface area contributed by atoms with Crippen molar-refractivity contribution in [3.05, 3.63) is 64.4 Å². The molecule has 1 amide bonds. The first-order valence-corrected chi connectivity index (χ1v) is 10.5. The Labute approximate surface area is 163 Å². The Balaban J connectivity index is 1.92. The smallest absolute Gasteiger partial charge is 0.244 e. The van der Waals surface area contributed by atoms with Gasteiger partial charge in [-0.25, -0.2) is 12.8 Å². The second kappa shape index (κ2) is 7.24. The van der Waals surface area contributed by atoms with E-state index >= 15 is 0 Å². The van der Waals surface area contributed by atoms with Crippen molar-refractivity contribution in [2.24, 2.45) is 0 Å². The minimum Gasteiger partial charge on any atom is -0.340 e. The average molecular weight is 410 g/mol. The van der Waals surface area contributed by atoms with Crippen LogP contribution in [0.4, 0.5) is 4.39 Å². The largest absolute Gasteiger partial charge is 0.340 e. The highest BCUT2D eigenvalue weighted by Crippen LogP contribution is 2.44. The summed E-state index contributed by atoms with van der Waals surface area (Å²) in [6, 6.07) is 10.8. The van der Waals surface area contributed by atoms with Gasteiger partial charge >= 0.3 is 0 Å². The van der Waals surface area contributed by atoms with Gasteiger partial charge in [0.1, 0.15) is 5.82 Å². The Morgan fingerprint density at radius 2 is 1.81 bits per heavy atom. The van der Waals surface area contributed by atoms with E-state index in [-0.39, 0.29) is 34.9 Å². The lowest BCUT2D eigenvalue weighted by Gasteiger charge is -2.41. The number of carbonyl (C=O) groups is 1. The first-order valence-electron chi connectivity index (χ1n) is 8.69. The SMILES string of the molecule is Cc1ccc(S(=O)(=O)C2(C(=O)N(C)Cc3c(F)cccc3Cl)CCC2)cc1. The molecule has 2 aromatic carbocycles. The first kappa shape index (κ1) is 19.8. The molecule has 0 bridgehead atoms. The number of rotatable bonds is 5. The molecule has 4 nitrogen and oxygen atoms in total. The zero-order chi connectivity index (χ0) is 19.8. The molecule has 0 heterocycles. The van der Waals surface area contributed by atoms with Gasteiger partial charge in [0.25, 0.3) is 0 Å². The molecule has 0 radical (unpaired) electrons. The maximum Gasteiger partial charge on any atom is 0.244 e. The number of aryl methyl sites for hydroxylation is 1. The van der Waals surface area contributed by atoms with Crippen molar-refractivity contribution < 1.29 is 17.6 Å². The van der Waals surface area contributed by atoms with Gasteiger partial charge in [0.2, 0.25) is 5.91 Å². The number of hydrogen-bond donors (Lipinski definition) is 0. The maximum absolute atomic E-state index is 14.1. The fourth-order valence-electron chi connectivity index (χ4n) is 3.38. The Kier molecular flexibility index (Phi) is 5.32. The van der Waals surface area contributed by atoms with Gasteiger partial charge in [0.15, 0.2) is 14.6 Å². The number of benzene rings is 2. The highest BCUT2D eigenvalue weighted by atomic mass is 35.5. The minimum atomic E-state index is -3.86. The summed E-state index contributed by atoms with van der Waals surface area (Å²) in [4.78, 5) is 14.5. The van der Waals surface area contributed by atoms with Crippen molar-refractivity contribution in [2.75, 3.05) is 7.05 Å². The Hall–Kier alpha value is -1.92. The molecular formula is C20H21ClFNO3S. The van der Waals surface area contributed by atoms with Crippen LogP contribution in [0.2, 0.25) is 5.02 Å². The molecule has 0 N–H and O–H groups in total. The standard InChI is InChI=1S/C20H21ClFNO3S/c1-14-7-9-15(10-8-14)27(25,26)20(11-4-12-20)19(24)23(2)13-16-17(21)5-3-6-18(16)22/h3,5-10H,4,11-13H2,1-2H3. The lowest BCUT2D eigenvalue weighted by molar-refractivity contribution is -0.135. The molecule has 1 aliphatic rings. The van der Waals surface area contributed by atoms with Gasteiger partial charge in [-0.05, 0) is 50.5 Å². The molecule has 1 aliphatic carbocycles. The van der Waals surface area contributed by atoms with Crippen molar-refractivity contribution in [1.82, 2.24) is 4.90 Å². The number of halogens is 2. The lowest BCUT2D eigenvalue weighted by atomic mass is 9.83. The van der Waals surface area contributed by atoms with Crippen LogP contribution in [0.25, 0.3) is 0 Å². The number of hydrogen-bond acceptors (Lipinski definition) is 3. The Morgan fingerprint density at radius 1 is 1.19 bits per heavy atom. The summed E-state index contributed by atoms with van der Waals surface area (Å²) in [6.45, 7) is 1.78. The molecule has 3 rings (SSSR count). The van der Waals surface area contributed by atoms with Gasteiger partial charge in [0.05, 0.1) is 4.90 Å². The van der Waals surface area contributed by atoms with E-state index in [1.807, 2.05) is 6.92 Å². The second-order valence-corrected chi connectivity index (χ2v) is 9.69. The van der Waals surface area contributed by atoms with E-state index < -0.39 is 26.3 Å². The van der Waals surface area contributed by atoms with Crippen molar-refractivity contribution in [1.29, 1.82) is 0 Å². The summed E-state index contributed by atoms with van der Waals surface area (Å²) < 4.78 is 39.0. The van der Waals surface area contributed by atoms with Crippen LogP contribution in [0.15, 0.2) is 47.4 Å². The van der Waals surface area contributed by atoms with Crippen LogP contribution in [-0.2, 0) is 21.2 Å². The highest BCUT2D eigenvalue weighted by molar-refractivity contribution is 7.93. The topological polar surface area (TPSA) is 54.5 Å². The van der Waals surface area contributed by atoms with Gasteiger partial charge in [-0.3, -0.25) is 4.79 Å². The monoisotopic (exact) mass is 409 g/mol. The first-order chi connectivity index (χ1) is 12.7. The number of sulfone groups is 1. The molecule has 27 heavy (non-hydrogen) atoms. The minimum absolute atomic E-state index is 0.0878. The highest BCUT2D eigenvalue weighted by Gasteiger charge is 2.56. The summed E-state index contributed by atoms with van der Waals surface area (Å²) in [5.41, 5.74) is 1.12. The molecular weight excluding hydrogens is 389 g/mol. The normalized spacial score (nSPS) is 15.9. The van der Waals surface area contributed by atoms with E-state index in [1.54, 1.807) is 18.2 Å². The third-order valence-corrected chi connectivity index (χ3v) is 8.06. The van der Waals surface area contributed by atoms with E-state index in [4.69, 9.17) is 11.6 Å². The molecule has 2 aromatic rings. The van der Waals surface area contributed by atoms with Crippen LogP contribution in [0.3, 0.4) is 0 Å². The Morgan fingerprint density at radius 3 is 2.33 bits per heavy atom. The molecule has 1 saturated carbocycles. The summed E-state index contributed by atoms with van der Waals surface area (Å²) in [7, 11) is -2.37. The van der Waals surface area contributed by atoms with Crippen LogP contribution < -0.4 is 0 Å². The van der Waals surface area contributed by atoms with E-state index in [0.717, 1.165) is 5.56 Å². The lowest BCUT2D eigenvalue weighted by Crippen LogP contribution is -2.57.